The zero-order valence-electron chi connectivity index (χ0n) is 12.0. The predicted octanol–water partition coefficient (Wildman–Crippen LogP) is 0.374. The number of amides is 1. The minimum atomic E-state index is -0.243. The van der Waals surface area contributed by atoms with Crippen LogP contribution in [0.1, 0.15) is 18.4 Å². The zero-order valence-corrected chi connectivity index (χ0v) is 12.0. The monoisotopic (exact) mass is 287 g/mol. The number of rotatable bonds is 5. The van der Waals surface area contributed by atoms with Gasteiger partial charge in [-0.2, -0.15) is 5.10 Å². The van der Waals surface area contributed by atoms with Crippen LogP contribution < -0.4 is 11.1 Å². The number of carbonyl (C=O) groups is 1. The number of nitrogens with two attached hydrogens (primary N) is 1. The lowest BCUT2D eigenvalue weighted by Gasteiger charge is -2.31. The highest BCUT2D eigenvalue weighted by Gasteiger charge is 2.19. The van der Waals surface area contributed by atoms with Crippen LogP contribution in [-0.4, -0.2) is 46.1 Å². The van der Waals surface area contributed by atoms with Crippen molar-refractivity contribution in [2.75, 3.05) is 19.6 Å². The second-order valence-corrected chi connectivity index (χ2v) is 5.60. The van der Waals surface area contributed by atoms with Gasteiger partial charge >= 0.3 is 0 Å². The van der Waals surface area contributed by atoms with Gasteiger partial charge in [0.05, 0.1) is 18.3 Å². The van der Waals surface area contributed by atoms with E-state index in [4.69, 9.17) is 5.73 Å². The normalized spacial score (nSPS) is 17.3. The number of aromatic nitrogens is 2. The average molecular weight is 287 g/mol. The number of likely N-dealkylation sites (tertiary alicyclic amines) is 1. The Labute approximate surface area is 123 Å². The summed E-state index contributed by atoms with van der Waals surface area (Å²) in [6, 6.07) is 6.58. The molecule has 1 amide bonds. The maximum atomic E-state index is 10.9. The Balaban J connectivity index is 1.51. The van der Waals surface area contributed by atoms with Gasteiger partial charge in [0, 0.05) is 37.4 Å². The van der Waals surface area contributed by atoms with Crippen molar-refractivity contribution in [2.24, 2.45) is 5.73 Å². The number of hydrogen-bond acceptors (Lipinski definition) is 4. The number of nitrogens with zero attached hydrogens (tertiary/aromatic N) is 3. The summed E-state index contributed by atoms with van der Waals surface area (Å²) in [4.78, 5) is 13.0. The molecule has 6 nitrogen and oxygen atoms in total. The molecule has 3 rings (SSSR count). The van der Waals surface area contributed by atoms with E-state index in [1.54, 1.807) is 0 Å². The molecular weight excluding hydrogens is 266 g/mol. The van der Waals surface area contributed by atoms with E-state index >= 15 is 0 Å². The van der Waals surface area contributed by atoms with Gasteiger partial charge < -0.3 is 11.1 Å². The van der Waals surface area contributed by atoms with Crippen molar-refractivity contribution in [1.82, 2.24) is 19.8 Å². The smallest absolute Gasteiger partial charge is 0.231 e. The molecule has 0 saturated carbocycles. The first-order valence-corrected chi connectivity index (χ1v) is 7.37. The summed E-state index contributed by atoms with van der Waals surface area (Å²) in [7, 11) is 0. The Morgan fingerprint density at radius 3 is 2.95 bits per heavy atom. The van der Waals surface area contributed by atoms with E-state index in [-0.39, 0.29) is 5.91 Å². The second-order valence-electron chi connectivity index (χ2n) is 5.60. The topological polar surface area (TPSA) is 75.7 Å². The number of primary amides is 1. The molecule has 6 heteroatoms. The van der Waals surface area contributed by atoms with Crippen molar-refractivity contribution >= 4 is 11.4 Å². The van der Waals surface area contributed by atoms with Gasteiger partial charge in [-0.3, -0.25) is 9.69 Å². The van der Waals surface area contributed by atoms with Crippen molar-refractivity contribution in [1.29, 1.82) is 0 Å². The number of hydrogen-bond donors (Lipinski definition) is 2. The summed E-state index contributed by atoms with van der Waals surface area (Å²) >= 11 is 0. The first kappa shape index (κ1) is 14.0. The highest BCUT2D eigenvalue weighted by Crippen LogP contribution is 2.13. The van der Waals surface area contributed by atoms with E-state index < -0.39 is 0 Å². The molecule has 3 N–H and O–H groups in total. The predicted molar refractivity (Wildman–Crippen MR) is 80.7 cm³/mol. The molecule has 21 heavy (non-hydrogen) atoms. The van der Waals surface area contributed by atoms with Crippen LogP contribution in [0.4, 0.5) is 0 Å². The molecule has 0 aliphatic carbocycles. The van der Waals surface area contributed by atoms with Gasteiger partial charge in [0.25, 0.3) is 0 Å². The third-order valence-corrected chi connectivity index (χ3v) is 4.05. The number of nitrogens with one attached hydrogen (secondary N) is 1. The molecule has 1 aliphatic rings. The fourth-order valence-electron chi connectivity index (χ4n) is 2.89. The summed E-state index contributed by atoms with van der Waals surface area (Å²) in [6.45, 7) is 3.06. The Bertz CT molecular complexity index is 615. The maximum absolute atomic E-state index is 10.9. The molecule has 0 radical (unpaired) electrons. The highest BCUT2D eigenvalue weighted by molar-refractivity contribution is 5.75. The van der Waals surface area contributed by atoms with Crippen LogP contribution >= 0.6 is 0 Å². The molecule has 1 saturated heterocycles. The average Bonchev–Trinajstić information content (AvgIpc) is 2.89. The lowest BCUT2D eigenvalue weighted by atomic mass is 10.0. The number of piperidine rings is 1. The SMILES string of the molecule is NC(=O)CN1CCC(NCc2cnn3ccccc23)CC1. The Morgan fingerprint density at radius 2 is 2.19 bits per heavy atom. The molecule has 0 atom stereocenters. The Morgan fingerprint density at radius 1 is 1.38 bits per heavy atom. The number of carbonyl (C=O) groups excluding carboxylic acids is 1. The van der Waals surface area contributed by atoms with E-state index in [9.17, 15) is 4.79 Å². The quantitative estimate of drug-likeness (QED) is 0.833. The maximum Gasteiger partial charge on any atom is 0.231 e. The summed E-state index contributed by atoms with van der Waals surface area (Å²) < 4.78 is 1.90. The second kappa shape index (κ2) is 6.24. The third kappa shape index (κ3) is 3.40. The summed E-state index contributed by atoms with van der Waals surface area (Å²) in [5.41, 5.74) is 7.60. The van der Waals surface area contributed by atoms with Crippen LogP contribution in [0.2, 0.25) is 0 Å². The van der Waals surface area contributed by atoms with Gasteiger partial charge in [0.1, 0.15) is 0 Å². The molecule has 0 aromatic carbocycles. The van der Waals surface area contributed by atoms with Crippen LogP contribution in [0, 0.1) is 0 Å². The fourth-order valence-corrected chi connectivity index (χ4v) is 2.89. The minimum absolute atomic E-state index is 0.243. The molecule has 1 fully saturated rings. The summed E-state index contributed by atoms with van der Waals surface area (Å²) in [5.74, 6) is -0.243. The highest BCUT2D eigenvalue weighted by atomic mass is 16.1. The fraction of sp³-hybridized carbons (Fsp3) is 0.467. The molecule has 3 heterocycles. The first-order valence-electron chi connectivity index (χ1n) is 7.37. The van der Waals surface area contributed by atoms with Gasteiger partial charge in [-0.05, 0) is 25.0 Å². The van der Waals surface area contributed by atoms with E-state index in [1.165, 1.54) is 5.56 Å². The number of fused-ring (bicyclic) bond motifs is 1. The van der Waals surface area contributed by atoms with Crippen molar-refractivity contribution in [3.63, 3.8) is 0 Å². The first-order chi connectivity index (χ1) is 10.2. The van der Waals surface area contributed by atoms with Crippen molar-refractivity contribution in [2.45, 2.75) is 25.4 Å². The van der Waals surface area contributed by atoms with Crippen molar-refractivity contribution < 1.29 is 4.79 Å². The lowest BCUT2D eigenvalue weighted by Crippen LogP contribution is -2.45. The molecule has 0 bridgehead atoms. The zero-order chi connectivity index (χ0) is 14.7. The van der Waals surface area contributed by atoms with Gasteiger partial charge in [-0.25, -0.2) is 4.52 Å². The number of pyridine rings is 1. The third-order valence-electron chi connectivity index (χ3n) is 4.05. The van der Waals surface area contributed by atoms with Crippen molar-refractivity contribution in [3.05, 3.63) is 36.2 Å². The summed E-state index contributed by atoms with van der Waals surface area (Å²) in [6.07, 6.45) is 5.98. The van der Waals surface area contributed by atoms with Gasteiger partial charge in [-0.1, -0.05) is 6.07 Å². The van der Waals surface area contributed by atoms with Crippen LogP contribution in [0.3, 0.4) is 0 Å². The summed E-state index contributed by atoms with van der Waals surface area (Å²) in [5, 5.41) is 7.94. The molecule has 112 valence electrons. The minimum Gasteiger partial charge on any atom is -0.369 e. The molecule has 1 aliphatic heterocycles. The lowest BCUT2D eigenvalue weighted by molar-refractivity contribution is -0.119. The van der Waals surface area contributed by atoms with E-state index in [2.05, 4.69) is 21.4 Å². The van der Waals surface area contributed by atoms with Gasteiger partial charge in [-0.15, -0.1) is 0 Å². The molecule has 0 spiro atoms. The van der Waals surface area contributed by atoms with Crippen LogP contribution in [0.25, 0.3) is 5.52 Å². The van der Waals surface area contributed by atoms with Gasteiger partial charge in [0.15, 0.2) is 0 Å². The Kier molecular flexibility index (Phi) is 4.17. The van der Waals surface area contributed by atoms with E-state index in [1.807, 2.05) is 29.0 Å². The molecule has 2 aromatic rings. The van der Waals surface area contributed by atoms with E-state index in [0.29, 0.717) is 12.6 Å². The molecular formula is C15H21N5O. The molecule has 0 unspecified atom stereocenters. The standard InChI is InChI=1S/C15H21N5O/c16-15(21)11-19-7-4-13(5-8-19)17-9-12-10-18-20-6-2-1-3-14(12)20/h1-3,6,10,13,17H,4-5,7-9,11H2,(H2,16,21). The van der Waals surface area contributed by atoms with Crippen LogP contribution in [0.5, 0.6) is 0 Å². The Hall–Kier alpha value is -1.92. The van der Waals surface area contributed by atoms with Gasteiger partial charge in [0.2, 0.25) is 5.91 Å². The van der Waals surface area contributed by atoms with E-state index in [0.717, 1.165) is 38.0 Å². The van der Waals surface area contributed by atoms with Crippen LogP contribution in [-0.2, 0) is 11.3 Å². The largest absolute Gasteiger partial charge is 0.369 e. The van der Waals surface area contributed by atoms with Crippen molar-refractivity contribution in [3.8, 4) is 0 Å². The van der Waals surface area contributed by atoms with Crippen LogP contribution in [0.15, 0.2) is 30.6 Å². The molecule has 2 aromatic heterocycles.